The quantitative estimate of drug-likeness (QED) is 0.344. The summed E-state index contributed by atoms with van der Waals surface area (Å²) in [5.41, 5.74) is 3.45. The molecule has 3 aromatic carbocycles. The van der Waals surface area contributed by atoms with Gasteiger partial charge in [0.1, 0.15) is 17.0 Å². The normalized spacial score (nSPS) is 11.0. The number of aromatic nitrogens is 4. The Morgan fingerprint density at radius 1 is 1.03 bits per heavy atom. The van der Waals surface area contributed by atoms with Gasteiger partial charge in [0.05, 0.1) is 36.7 Å². The van der Waals surface area contributed by atoms with Gasteiger partial charge in [-0.15, -0.1) is 5.10 Å². The number of carbonyl (C=O) groups is 1. The molecule has 0 bridgehead atoms. The summed E-state index contributed by atoms with van der Waals surface area (Å²) in [6.45, 7) is 1.77. The van der Waals surface area contributed by atoms with Crippen LogP contribution in [0, 0.1) is 6.92 Å². The second-order valence-corrected chi connectivity index (χ2v) is 8.11. The highest BCUT2D eigenvalue weighted by molar-refractivity contribution is 6.30. The number of anilines is 1. The molecule has 0 saturated carbocycles. The molecular weight excluding hydrogens is 470 g/mol. The summed E-state index contributed by atoms with van der Waals surface area (Å²) >= 11 is 6.01. The van der Waals surface area contributed by atoms with Crippen LogP contribution in [0.2, 0.25) is 5.02 Å². The number of halogens is 1. The van der Waals surface area contributed by atoms with Crippen molar-refractivity contribution in [2.24, 2.45) is 0 Å². The number of methoxy groups -OCH3 is 2. The van der Waals surface area contributed by atoms with Gasteiger partial charge in [-0.1, -0.05) is 22.0 Å². The first-order chi connectivity index (χ1) is 17.0. The number of nitrogens with zero attached hydrogens (tertiary/aromatic N) is 4. The van der Waals surface area contributed by atoms with Gasteiger partial charge in [-0.2, -0.15) is 0 Å². The van der Waals surface area contributed by atoms with Gasteiger partial charge in [0.2, 0.25) is 0 Å². The van der Waals surface area contributed by atoms with E-state index in [2.05, 4.69) is 20.8 Å². The van der Waals surface area contributed by atoms with Gasteiger partial charge in [-0.05, 0) is 61.5 Å². The second kappa shape index (κ2) is 9.11. The van der Waals surface area contributed by atoms with E-state index in [-0.39, 0.29) is 5.69 Å². The molecule has 0 aliphatic carbocycles. The molecule has 0 aliphatic heterocycles. The number of amides is 1. The van der Waals surface area contributed by atoms with Crippen molar-refractivity contribution in [3.8, 4) is 28.5 Å². The summed E-state index contributed by atoms with van der Waals surface area (Å²) in [5, 5.41) is 16.7. The first-order valence-electron chi connectivity index (χ1n) is 10.6. The lowest BCUT2D eigenvalue weighted by Crippen LogP contribution is -2.15. The molecule has 1 N–H and O–H groups in total. The molecule has 0 unspecified atom stereocenters. The largest absolute Gasteiger partial charge is 0.497 e. The number of benzene rings is 3. The fraction of sp³-hybridized carbons (Fsp3) is 0.120. The third kappa shape index (κ3) is 4.17. The van der Waals surface area contributed by atoms with Gasteiger partial charge in [-0.25, -0.2) is 4.68 Å². The summed E-state index contributed by atoms with van der Waals surface area (Å²) in [5.74, 6) is 1.27. The highest BCUT2D eigenvalue weighted by atomic mass is 35.5. The van der Waals surface area contributed by atoms with Crippen LogP contribution in [0.3, 0.4) is 0 Å². The van der Waals surface area contributed by atoms with Gasteiger partial charge in [0, 0.05) is 16.7 Å². The first-order valence-corrected chi connectivity index (χ1v) is 11.0. The molecule has 176 valence electrons. The minimum absolute atomic E-state index is 0.179. The molecule has 0 atom stereocenters. The summed E-state index contributed by atoms with van der Waals surface area (Å²) in [7, 11) is 3.08. The number of ether oxygens (including phenoxy) is 2. The summed E-state index contributed by atoms with van der Waals surface area (Å²) in [6, 6.07) is 18.0. The minimum atomic E-state index is -0.423. The Hall–Kier alpha value is -4.37. The van der Waals surface area contributed by atoms with E-state index in [1.165, 1.54) is 7.11 Å². The van der Waals surface area contributed by atoms with Crippen LogP contribution in [0.5, 0.6) is 11.5 Å². The SMILES string of the molecule is COc1ccc(OC)c(NC(=O)c2nnn(-c3ccc4noc(-c5ccc(Cl)cc5)c4c3)c2C)c1. The van der Waals surface area contributed by atoms with E-state index >= 15 is 0 Å². The average molecular weight is 490 g/mol. The van der Waals surface area contributed by atoms with Crippen molar-refractivity contribution in [2.45, 2.75) is 6.92 Å². The van der Waals surface area contributed by atoms with Crippen molar-refractivity contribution in [3.63, 3.8) is 0 Å². The number of carbonyl (C=O) groups excluding carboxylic acids is 1. The molecule has 0 radical (unpaired) electrons. The van der Waals surface area contributed by atoms with Crippen LogP contribution in [-0.2, 0) is 0 Å². The van der Waals surface area contributed by atoms with E-state index in [0.717, 1.165) is 10.9 Å². The average Bonchev–Trinajstić information content (AvgIpc) is 3.47. The Kier molecular flexibility index (Phi) is 5.84. The highest BCUT2D eigenvalue weighted by Crippen LogP contribution is 2.32. The molecule has 0 spiro atoms. The molecule has 9 nitrogen and oxygen atoms in total. The molecule has 0 aliphatic rings. The van der Waals surface area contributed by atoms with Crippen molar-refractivity contribution in [1.29, 1.82) is 0 Å². The lowest BCUT2D eigenvalue weighted by Gasteiger charge is -2.11. The van der Waals surface area contributed by atoms with Crippen molar-refractivity contribution < 1.29 is 18.8 Å². The molecule has 2 heterocycles. The summed E-state index contributed by atoms with van der Waals surface area (Å²) < 4.78 is 17.8. The smallest absolute Gasteiger partial charge is 0.278 e. The van der Waals surface area contributed by atoms with Crippen LogP contribution in [0.1, 0.15) is 16.2 Å². The Bertz CT molecular complexity index is 1540. The summed E-state index contributed by atoms with van der Waals surface area (Å²) in [6.07, 6.45) is 0. The predicted octanol–water partition coefficient (Wildman–Crippen LogP) is 5.31. The van der Waals surface area contributed by atoms with Crippen LogP contribution < -0.4 is 14.8 Å². The molecule has 35 heavy (non-hydrogen) atoms. The maximum absolute atomic E-state index is 13.0. The van der Waals surface area contributed by atoms with Gasteiger partial charge < -0.3 is 19.3 Å². The maximum atomic E-state index is 13.0. The number of fused-ring (bicyclic) bond motifs is 1. The Labute approximate surface area is 205 Å². The minimum Gasteiger partial charge on any atom is -0.497 e. The van der Waals surface area contributed by atoms with Gasteiger partial charge in [0.15, 0.2) is 11.5 Å². The van der Waals surface area contributed by atoms with E-state index in [4.69, 9.17) is 25.6 Å². The Balaban J connectivity index is 1.48. The number of rotatable bonds is 6. The topological polar surface area (TPSA) is 104 Å². The maximum Gasteiger partial charge on any atom is 0.278 e. The molecule has 2 aromatic heterocycles. The van der Waals surface area contributed by atoms with E-state index in [0.29, 0.717) is 44.9 Å². The third-order valence-corrected chi connectivity index (χ3v) is 5.83. The van der Waals surface area contributed by atoms with E-state index in [1.54, 1.807) is 49.0 Å². The van der Waals surface area contributed by atoms with Gasteiger partial charge in [-0.3, -0.25) is 4.79 Å². The highest BCUT2D eigenvalue weighted by Gasteiger charge is 2.20. The Morgan fingerprint density at radius 2 is 1.83 bits per heavy atom. The van der Waals surface area contributed by atoms with E-state index < -0.39 is 5.91 Å². The second-order valence-electron chi connectivity index (χ2n) is 7.68. The van der Waals surface area contributed by atoms with E-state index in [1.807, 2.05) is 30.3 Å². The van der Waals surface area contributed by atoms with Crippen LogP contribution in [-0.4, -0.2) is 40.3 Å². The van der Waals surface area contributed by atoms with Crippen molar-refractivity contribution in [1.82, 2.24) is 20.2 Å². The molecule has 10 heteroatoms. The number of hydrogen-bond acceptors (Lipinski definition) is 7. The zero-order valence-electron chi connectivity index (χ0n) is 19.1. The predicted molar refractivity (Wildman–Crippen MR) is 132 cm³/mol. The number of nitrogens with one attached hydrogen (secondary N) is 1. The monoisotopic (exact) mass is 489 g/mol. The zero-order valence-corrected chi connectivity index (χ0v) is 19.8. The van der Waals surface area contributed by atoms with E-state index in [9.17, 15) is 4.79 Å². The van der Waals surface area contributed by atoms with Crippen molar-refractivity contribution in [3.05, 3.63) is 77.1 Å². The molecule has 5 aromatic rings. The fourth-order valence-electron chi connectivity index (χ4n) is 3.75. The fourth-order valence-corrected chi connectivity index (χ4v) is 3.87. The lowest BCUT2D eigenvalue weighted by molar-refractivity contribution is 0.102. The van der Waals surface area contributed by atoms with Crippen molar-refractivity contribution in [2.75, 3.05) is 19.5 Å². The molecule has 0 saturated heterocycles. The molecule has 5 rings (SSSR count). The molecule has 1 amide bonds. The Morgan fingerprint density at radius 3 is 2.57 bits per heavy atom. The number of hydrogen-bond donors (Lipinski definition) is 1. The van der Waals surface area contributed by atoms with Crippen LogP contribution >= 0.6 is 11.6 Å². The van der Waals surface area contributed by atoms with Crippen LogP contribution in [0.25, 0.3) is 27.9 Å². The zero-order chi connectivity index (χ0) is 24.5. The van der Waals surface area contributed by atoms with Gasteiger partial charge >= 0.3 is 0 Å². The standard InChI is InChI=1S/C25H20ClN5O4/c1-14-23(25(32)27-21-13-18(33-2)9-11-22(21)34-3)28-30-31(14)17-8-10-20-19(12-17)24(35-29-20)15-4-6-16(26)7-5-15/h4-13H,1-3H3,(H,27,32). The lowest BCUT2D eigenvalue weighted by atomic mass is 10.1. The van der Waals surface area contributed by atoms with Crippen LogP contribution in [0.15, 0.2) is 65.2 Å². The first kappa shape index (κ1) is 22.4. The summed E-state index contributed by atoms with van der Waals surface area (Å²) in [4.78, 5) is 13.0. The van der Waals surface area contributed by atoms with Crippen LogP contribution in [0.4, 0.5) is 5.69 Å². The molecule has 0 fully saturated rings. The van der Waals surface area contributed by atoms with Gasteiger partial charge in [0.25, 0.3) is 5.91 Å². The van der Waals surface area contributed by atoms with Crippen molar-refractivity contribution >= 4 is 34.1 Å². The molecular formula is C25H20ClN5O4. The third-order valence-electron chi connectivity index (χ3n) is 5.58.